The van der Waals surface area contributed by atoms with E-state index in [1.807, 2.05) is 0 Å². The molecule has 6 heteroatoms. The van der Waals surface area contributed by atoms with Gasteiger partial charge in [-0.3, -0.25) is 0 Å². The third-order valence-corrected chi connectivity index (χ3v) is 6.15. The SMILES string of the molecule is CCCCC(CC)CNS(=O)(=O)c1ccc(CO)s1. The molecule has 110 valence electrons. The number of hydrogen-bond donors (Lipinski definition) is 2. The predicted octanol–water partition coefficient (Wildman–Crippen LogP) is 2.74. The molecule has 2 N–H and O–H groups in total. The first-order chi connectivity index (χ1) is 9.03. The van der Waals surface area contributed by atoms with Crippen LogP contribution in [0.3, 0.4) is 0 Å². The van der Waals surface area contributed by atoms with Crippen molar-refractivity contribution in [1.82, 2.24) is 4.72 Å². The molecule has 0 saturated heterocycles. The zero-order chi connectivity index (χ0) is 14.3. The number of aliphatic hydroxyl groups excluding tert-OH is 1. The Morgan fingerprint density at radius 1 is 1.37 bits per heavy atom. The van der Waals surface area contributed by atoms with E-state index in [-0.39, 0.29) is 10.8 Å². The summed E-state index contributed by atoms with van der Waals surface area (Å²) in [4.78, 5) is 0.665. The Hall–Kier alpha value is -0.430. The van der Waals surface area contributed by atoms with E-state index in [1.165, 1.54) is 0 Å². The number of thiophene rings is 1. The van der Waals surface area contributed by atoms with Gasteiger partial charge in [0.15, 0.2) is 0 Å². The van der Waals surface area contributed by atoms with E-state index in [0.29, 0.717) is 17.3 Å². The standard InChI is InChI=1S/C13H23NO3S2/c1-3-5-6-11(4-2)9-14-19(16,17)13-8-7-12(10-15)18-13/h7-8,11,14-15H,3-6,9-10H2,1-2H3. The highest BCUT2D eigenvalue weighted by Gasteiger charge is 2.18. The molecule has 19 heavy (non-hydrogen) atoms. The summed E-state index contributed by atoms with van der Waals surface area (Å²) in [7, 11) is -3.42. The Bertz CT molecular complexity index is 468. The molecule has 0 saturated carbocycles. The van der Waals surface area contributed by atoms with Crippen molar-refractivity contribution in [2.45, 2.75) is 50.3 Å². The van der Waals surface area contributed by atoms with Gasteiger partial charge < -0.3 is 5.11 Å². The lowest BCUT2D eigenvalue weighted by Gasteiger charge is -2.14. The van der Waals surface area contributed by atoms with E-state index < -0.39 is 10.0 Å². The maximum Gasteiger partial charge on any atom is 0.250 e. The summed E-state index contributed by atoms with van der Waals surface area (Å²) in [5.74, 6) is 0.395. The van der Waals surface area contributed by atoms with Gasteiger partial charge in [0.2, 0.25) is 10.0 Å². The summed E-state index contributed by atoms with van der Waals surface area (Å²) in [6, 6.07) is 3.19. The molecule has 0 aliphatic rings. The number of nitrogens with one attached hydrogen (secondary N) is 1. The van der Waals surface area contributed by atoms with Gasteiger partial charge in [0.1, 0.15) is 4.21 Å². The molecule has 0 aliphatic heterocycles. The number of unbranched alkanes of at least 4 members (excludes halogenated alkanes) is 1. The fourth-order valence-electron chi connectivity index (χ4n) is 1.83. The fraction of sp³-hybridized carbons (Fsp3) is 0.692. The Balaban J connectivity index is 2.59. The molecule has 1 unspecified atom stereocenters. The van der Waals surface area contributed by atoms with Crippen LogP contribution in [-0.2, 0) is 16.6 Å². The summed E-state index contributed by atoms with van der Waals surface area (Å²) in [5.41, 5.74) is 0. The van der Waals surface area contributed by atoms with Crippen LogP contribution < -0.4 is 4.72 Å². The van der Waals surface area contributed by atoms with Crippen LogP contribution in [-0.4, -0.2) is 20.1 Å². The van der Waals surface area contributed by atoms with Crippen molar-refractivity contribution < 1.29 is 13.5 Å². The predicted molar refractivity (Wildman–Crippen MR) is 78.7 cm³/mol. The highest BCUT2D eigenvalue weighted by molar-refractivity contribution is 7.91. The van der Waals surface area contributed by atoms with Gasteiger partial charge in [-0.2, -0.15) is 0 Å². The molecule has 0 fully saturated rings. The lowest BCUT2D eigenvalue weighted by Crippen LogP contribution is -2.28. The van der Waals surface area contributed by atoms with Gasteiger partial charge in [-0.25, -0.2) is 13.1 Å². The minimum Gasteiger partial charge on any atom is -0.391 e. The Labute approximate surface area is 119 Å². The molecule has 0 aromatic carbocycles. The quantitative estimate of drug-likeness (QED) is 0.737. The molecule has 0 spiro atoms. The third-order valence-electron chi connectivity index (χ3n) is 3.16. The zero-order valence-corrected chi connectivity index (χ0v) is 13.2. The summed E-state index contributed by atoms with van der Waals surface area (Å²) in [5, 5.41) is 8.97. The van der Waals surface area contributed by atoms with E-state index >= 15 is 0 Å². The summed E-state index contributed by atoms with van der Waals surface area (Å²) in [6.07, 6.45) is 4.30. The lowest BCUT2D eigenvalue weighted by atomic mass is 10.00. The summed E-state index contributed by atoms with van der Waals surface area (Å²) in [6.45, 7) is 4.60. The van der Waals surface area contributed by atoms with Crippen LogP contribution in [0.5, 0.6) is 0 Å². The largest absolute Gasteiger partial charge is 0.391 e. The second-order valence-electron chi connectivity index (χ2n) is 4.65. The normalized spacial score (nSPS) is 13.6. The van der Waals surface area contributed by atoms with E-state index in [2.05, 4.69) is 18.6 Å². The van der Waals surface area contributed by atoms with Gasteiger partial charge in [0.05, 0.1) is 6.61 Å². The highest BCUT2D eigenvalue weighted by Crippen LogP contribution is 2.22. The molecule has 1 heterocycles. The molecule has 1 rings (SSSR count). The van der Waals surface area contributed by atoms with Crippen molar-refractivity contribution >= 4 is 21.4 Å². The smallest absolute Gasteiger partial charge is 0.250 e. The van der Waals surface area contributed by atoms with E-state index in [0.717, 1.165) is 37.0 Å². The van der Waals surface area contributed by atoms with E-state index in [4.69, 9.17) is 5.11 Å². The second kappa shape index (κ2) is 7.99. The van der Waals surface area contributed by atoms with Crippen LogP contribution in [0.1, 0.15) is 44.4 Å². The van der Waals surface area contributed by atoms with Crippen molar-refractivity contribution in [1.29, 1.82) is 0 Å². The molecule has 0 radical (unpaired) electrons. The van der Waals surface area contributed by atoms with E-state index in [9.17, 15) is 8.42 Å². The van der Waals surface area contributed by atoms with Crippen LogP contribution in [0.4, 0.5) is 0 Å². The zero-order valence-electron chi connectivity index (χ0n) is 11.6. The first-order valence-electron chi connectivity index (χ1n) is 6.72. The van der Waals surface area contributed by atoms with Gasteiger partial charge in [-0.1, -0.05) is 33.1 Å². The monoisotopic (exact) mass is 305 g/mol. The summed E-state index contributed by atoms with van der Waals surface area (Å²) < 4.78 is 27.1. The molecule has 4 nitrogen and oxygen atoms in total. The van der Waals surface area contributed by atoms with Gasteiger partial charge in [0.25, 0.3) is 0 Å². The number of sulfonamides is 1. The Morgan fingerprint density at radius 3 is 2.63 bits per heavy atom. The van der Waals surface area contributed by atoms with Crippen LogP contribution in [0.2, 0.25) is 0 Å². The third kappa shape index (κ3) is 5.22. The highest BCUT2D eigenvalue weighted by atomic mass is 32.2. The van der Waals surface area contributed by atoms with Crippen LogP contribution >= 0.6 is 11.3 Å². The molecule has 1 aromatic rings. The van der Waals surface area contributed by atoms with Crippen LogP contribution in [0.15, 0.2) is 16.3 Å². The Kier molecular flexibility index (Phi) is 6.99. The molecule has 1 aromatic heterocycles. The van der Waals surface area contributed by atoms with Crippen molar-refractivity contribution in [2.75, 3.05) is 6.54 Å². The van der Waals surface area contributed by atoms with Crippen molar-refractivity contribution in [3.05, 3.63) is 17.0 Å². The Morgan fingerprint density at radius 2 is 2.11 bits per heavy atom. The van der Waals surface area contributed by atoms with Gasteiger partial charge in [-0.15, -0.1) is 11.3 Å². The average Bonchev–Trinajstić information content (AvgIpc) is 2.88. The molecular weight excluding hydrogens is 282 g/mol. The van der Waals surface area contributed by atoms with Crippen molar-refractivity contribution in [3.63, 3.8) is 0 Å². The lowest BCUT2D eigenvalue weighted by molar-refractivity contribution is 0.285. The number of rotatable bonds is 9. The molecule has 0 amide bonds. The second-order valence-corrected chi connectivity index (χ2v) is 7.81. The topological polar surface area (TPSA) is 66.4 Å². The molecule has 0 bridgehead atoms. The van der Waals surface area contributed by atoms with Gasteiger partial charge in [-0.05, 0) is 24.5 Å². The first kappa shape index (κ1) is 16.6. The maximum absolute atomic E-state index is 12.1. The van der Waals surface area contributed by atoms with Gasteiger partial charge in [0, 0.05) is 11.4 Å². The van der Waals surface area contributed by atoms with Crippen LogP contribution in [0, 0.1) is 5.92 Å². The molecule has 0 aliphatic carbocycles. The molecular formula is C13H23NO3S2. The maximum atomic E-state index is 12.1. The first-order valence-corrected chi connectivity index (χ1v) is 9.02. The van der Waals surface area contributed by atoms with E-state index in [1.54, 1.807) is 12.1 Å². The minimum atomic E-state index is -3.42. The van der Waals surface area contributed by atoms with Crippen molar-refractivity contribution in [3.8, 4) is 0 Å². The van der Waals surface area contributed by atoms with Crippen LogP contribution in [0.25, 0.3) is 0 Å². The number of hydrogen-bond acceptors (Lipinski definition) is 4. The fourth-order valence-corrected chi connectivity index (χ4v) is 4.21. The molecule has 1 atom stereocenters. The van der Waals surface area contributed by atoms with Crippen molar-refractivity contribution in [2.24, 2.45) is 5.92 Å². The van der Waals surface area contributed by atoms with Gasteiger partial charge >= 0.3 is 0 Å². The minimum absolute atomic E-state index is 0.117. The number of aliphatic hydroxyl groups is 1. The summed E-state index contributed by atoms with van der Waals surface area (Å²) >= 11 is 1.12. The average molecular weight is 305 g/mol.